The molecule has 0 aromatic rings. The molecule has 0 aliphatic carbocycles. The van der Waals surface area contributed by atoms with Gasteiger partial charge in [-0.2, -0.15) is 0 Å². The van der Waals surface area contributed by atoms with Crippen molar-refractivity contribution in [2.45, 2.75) is 244 Å². The molecule has 6 nitrogen and oxygen atoms in total. The minimum Gasteiger partial charge on any atom is -0.461 e. The van der Waals surface area contributed by atoms with Crippen LogP contribution in [0.3, 0.4) is 0 Å². The largest absolute Gasteiger partial charge is 0.461 e. The van der Waals surface area contributed by atoms with Crippen molar-refractivity contribution in [1.29, 1.82) is 0 Å². The van der Waals surface area contributed by atoms with Crippen molar-refractivity contribution in [2.75, 3.05) is 6.61 Å². The van der Waals surface area contributed by atoms with Crippen LogP contribution in [0, 0.1) is 0 Å². The summed E-state index contributed by atoms with van der Waals surface area (Å²) in [5, 5.41) is 23.7. The van der Waals surface area contributed by atoms with Crippen LogP contribution in [0.25, 0.3) is 0 Å². The number of carbonyl (C=O) groups excluding carboxylic acids is 2. The van der Waals surface area contributed by atoms with Gasteiger partial charge in [-0.15, -0.1) is 0 Å². The molecule has 0 spiro atoms. The predicted molar refractivity (Wildman–Crippen MR) is 264 cm³/mol. The molecule has 0 saturated heterocycles. The van der Waals surface area contributed by atoms with Crippen LogP contribution in [-0.4, -0.2) is 46.9 Å². The molecule has 0 radical (unpaired) electrons. The SMILES string of the molecule is CC/C=C/C=C/C=C\CCCCCCCC(=O)OC(C/C=C\C/C=C\C/C=C\C/C=C\CCCCC)CC(=O)NC(CO)C(O)CCCCCCCCCCCCCCCC. The van der Waals surface area contributed by atoms with Crippen LogP contribution in [0.1, 0.15) is 226 Å². The van der Waals surface area contributed by atoms with E-state index in [4.69, 9.17) is 4.74 Å². The number of hydrogen-bond acceptors (Lipinski definition) is 5. The van der Waals surface area contributed by atoms with Crippen molar-refractivity contribution >= 4 is 11.9 Å². The Bertz CT molecular complexity index is 1180. The second kappa shape index (κ2) is 48.1. The molecular formula is C55H95NO5. The average Bonchev–Trinajstić information content (AvgIpc) is 3.25. The Hall–Kier alpha value is -2.96. The van der Waals surface area contributed by atoms with Crippen LogP contribution >= 0.6 is 0 Å². The number of ether oxygens (including phenoxy) is 1. The normalized spacial score (nSPS) is 14.0. The van der Waals surface area contributed by atoms with Gasteiger partial charge in [0.15, 0.2) is 0 Å². The van der Waals surface area contributed by atoms with Gasteiger partial charge in [-0.3, -0.25) is 9.59 Å². The average molecular weight is 850 g/mol. The van der Waals surface area contributed by atoms with Crippen molar-refractivity contribution in [2.24, 2.45) is 0 Å². The monoisotopic (exact) mass is 850 g/mol. The van der Waals surface area contributed by atoms with E-state index in [1.54, 1.807) is 0 Å². The summed E-state index contributed by atoms with van der Waals surface area (Å²) in [6, 6.07) is -0.739. The summed E-state index contributed by atoms with van der Waals surface area (Å²) in [6.07, 6.45) is 62.3. The minimum atomic E-state index is -0.818. The number of amides is 1. The van der Waals surface area contributed by atoms with Crippen molar-refractivity contribution in [3.05, 3.63) is 85.1 Å². The number of hydrogen-bond donors (Lipinski definition) is 3. The highest BCUT2D eigenvalue weighted by Gasteiger charge is 2.23. The van der Waals surface area contributed by atoms with Crippen molar-refractivity contribution in [1.82, 2.24) is 5.32 Å². The summed E-state index contributed by atoms with van der Waals surface area (Å²) >= 11 is 0. The van der Waals surface area contributed by atoms with E-state index < -0.39 is 18.2 Å². The smallest absolute Gasteiger partial charge is 0.306 e. The lowest BCUT2D eigenvalue weighted by molar-refractivity contribution is -0.150. The number of aliphatic hydroxyl groups is 2. The van der Waals surface area contributed by atoms with Gasteiger partial charge in [0.25, 0.3) is 0 Å². The Labute approximate surface area is 376 Å². The number of esters is 1. The predicted octanol–water partition coefficient (Wildman–Crippen LogP) is 15.2. The zero-order valence-corrected chi connectivity index (χ0v) is 39.8. The number of unbranched alkanes of at least 4 members (excludes halogenated alkanes) is 21. The molecule has 0 aromatic carbocycles. The van der Waals surface area contributed by atoms with Crippen LogP contribution < -0.4 is 5.32 Å². The first-order valence-corrected chi connectivity index (χ1v) is 25.3. The van der Waals surface area contributed by atoms with Crippen LogP contribution in [0.2, 0.25) is 0 Å². The molecule has 0 aliphatic heterocycles. The van der Waals surface area contributed by atoms with Gasteiger partial charge >= 0.3 is 5.97 Å². The molecule has 0 saturated carbocycles. The fraction of sp³-hybridized carbons (Fsp3) is 0.709. The molecule has 0 fully saturated rings. The number of carbonyl (C=O) groups is 2. The Kier molecular flexibility index (Phi) is 45.7. The lowest BCUT2D eigenvalue weighted by Crippen LogP contribution is -2.46. The summed E-state index contributed by atoms with van der Waals surface area (Å²) in [4.78, 5) is 26.1. The molecule has 61 heavy (non-hydrogen) atoms. The summed E-state index contributed by atoms with van der Waals surface area (Å²) < 4.78 is 5.85. The Morgan fingerprint density at radius 3 is 1.56 bits per heavy atom. The van der Waals surface area contributed by atoms with Gasteiger partial charge in [0.2, 0.25) is 5.91 Å². The Morgan fingerprint density at radius 1 is 0.525 bits per heavy atom. The van der Waals surface area contributed by atoms with Crippen LogP contribution in [0.15, 0.2) is 85.1 Å². The maximum absolute atomic E-state index is 13.2. The van der Waals surface area contributed by atoms with Crippen molar-refractivity contribution in [3.63, 3.8) is 0 Å². The summed E-state index contributed by atoms with van der Waals surface area (Å²) in [5.74, 6) is -0.605. The van der Waals surface area contributed by atoms with E-state index in [9.17, 15) is 19.8 Å². The lowest BCUT2D eigenvalue weighted by atomic mass is 10.0. The first-order valence-electron chi connectivity index (χ1n) is 25.3. The molecule has 350 valence electrons. The lowest BCUT2D eigenvalue weighted by Gasteiger charge is -2.24. The van der Waals surface area contributed by atoms with Gasteiger partial charge in [0.05, 0.1) is 25.2 Å². The van der Waals surface area contributed by atoms with E-state index >= 15 is 0 Å². The Morgan fingerprint density at radius 2 is 0.984 bits per heavy atom. The topological polar surface area (TPSA) is 95.9 Å². The molecule has 3 N–H and O–H groups in total. The third-order valence-corrected chi connectivity index (χ3v) is 11.0. The van der Waals surface area contributed by atoms with E-state index in [0.717, 1.165) is 83.5 Å². The molecular weight excluding hydrogens is 755 g/mol. The quantitative estimate of drug-likeness (QED) is 0.0246. The van der Waals surface area contributed by atoms with Gasteiger partial charge in [-0.1, -0.05) is 228 Å². The molecule has 1 amide bonds. The highest BCUT2D eigenvalue weighted by atomic mass is 16.5. The molecule has 6 heteroatoms. The number of rotatable bonds is 44. The molecule has 0 aromatic heterocycles. The van der Waals surface area contributed by atoms with Crippen molar-refractivity contribution in [3.8, 4) is 0 Å². The van der Waals surface area contributed by atoms with Crippen molar-refractivity contribution < 1.29 is 24.5 Å². The van der Waals surface area contributed by atoms with Gasteiger partial charge < -0.3 is 20.3 Å². The standard InChI is InChI=1S/C55H95NO5/c1-4-7-10-13-16-19-22-25-27-29-31-34-37-40-43-46-51(61-55(60)48-45-42-39-36-33-28-24-21-18-15-12-9-6-3)49-54(59)56-52(50-57)53(58)47-44-41-38-35-32-30-26-23-20-17-14-11-8-5-2/h9,12,15-16,18-19,21,24-25,27,31,34,40,43,51-53,57-58H,4-8,10-11,13-14,17,20,22-23,26,28-30,32-33,35-39,41-42,44-50H2,1-3H3,(H,56,59)/b12-9+,18-15+,19-16-,24-21-,27-25-,34-31-,43-40-. The Balaban J connectivity index is 4.75. The van der Waals surface area contributed by atoms with Crippen LogP contribution in [0.4, 0.5) is 0 Å². The molecule has 0 rings (SSSR count). The van der Waals surface area contributed by atoms with Crippen LogP contribution in [0.5, 0.6) is 0 Å². The number of aliphatic hydroxyl groups excluding tert-OH is 2. The number of allylic oxidation sites excluding steroid dienone is 13. The highest BCUT2D eigenvalue weighted by Crippen LogP contribution is 2.16. The molecule has 3 unspecified atom stereocenters. The fourth-order valence-corrected chi connectivity index (χ4v) is 7.17. The fourth-order valence-electron chi connectivity index (χ4n) is 7.17. The van der Waals surface area contributed by atoms with E-state index in [0.29, 0.717) is 19.3 Å². The maximum atomic E-state index is 13.2. The molecule has 0 aliphatic rings. The maximum Gasteiger partial charge on any atom is 0.306 e. The van der Waals surface area contributed by atoms with E-state index in [1.807, 2.05) is 12.2 Å². The highest BCUT2D eigenvalue weighted by molar-refractivity contribution is 5.77. The van der Waals surface area contributed by atoms with E-state index in [1.165, 1.54) is 96.3 Å². The molecule has 0 bridgehead atoms. The van der Waals surface area contributed by atoms with E-state index in [2.05, 4.69) is 99.0 Å². The van der Waals surface area contributed by atoms with Gasteiger partial charge in [-0.25, -0.2) is 0 Å². The third kappa shape index (κ3) is 43.5. The molecule has 3 atom stereocenters. The van der Waals surface area contributed by atoms with E-state index in [-0.39, 0.29) is 24.9 Å². The zero-order chi connectivity index (χ0) is 44.5. The number of nitrogens with one attached hydrogen (secondary N) is 1. The molecule has 0 heterocycles. The van der Waals surface area contributed by atoms with Gasteiger partial charge in [0.1, 0.15) is 6.10 Å². The second-order valence-electron chi connectivity index (χ2n) is 16.9. The minimum absolute atomic E-state index is 0.0105. The summed E-state index contributed by atoms with van der Waals surface area (Å²) in [7, 11) is 0. The van der Waals surface area contributed by atoms with Gasteiger partial charge in [0, 0.05) is 12.8 Å². The second-order valence-corrected chi connectivity index (χ2v) is 16.9. The summed E-state index contributed by atoms with van der Waals surface area (Å²) in [6.45, 7) is 6.28. The van der Waals surface area contributed by atoms with Crippen LogP contribution in [-0.2, 0) is 14.3 Å². The first-order chi connectivity index (χ1) is 30.0. The van der Waals surface area contributed by atoms with Gasteiger partial charge in [-0.05, 0) is 64.2 Å². The third-order valence-electron chi connectivity index (χ3n) is 11.0. The zero-order valence-electron chi connectivity index (χ0n) is 39.8. The summed E-state index contributed by atoms with van der Waals surface area (Å²) in [5.41, 5.74) is 0. The first kappa shape index (κ1) is 58.0.